The number of rotatable bonds is 4. The van der Waals surface area contributed by atoms with E-state index < -0.39 is 11.5 Å². The number of benzene rings is 1. The number of carboxylic acids is 1. The molecule has 1 aromatic rings. The third-order valence-electron chi connectivity index (χ3n) is 3.43. The second-order valence-electron chi connectivity index (χ2n) is 4.87. The largest absolute Gasteiger partial charge is 0.480 e. The molecule has 0 aromatic heterocycles. The minimum Gasteiger partial charge on any atom is -0.480 e. The molecule has 3 nitrogen and oxygen atoms in total. The van der Waals surface area contributed by atoms with Crippen molar-refractivity contribution < 1.29 is 14.3 Å². The van der Waals surface area contributed by atoms with Crippen molar-refractivity contribution in [2.45, 2.75) is 32.2 Å². The number of carbonyl (C=O) groups is 1. The van der Waals surface area contributed by atoms with Gasteiger partial charge in [-0.1, -0.05) is 6.07 Å². The average Bonchev–Trinajstić information content (AvgIpc) is 3.06. The Hall–Kier alpha value is -1.58. The third-order valence-corrected chi connectivity index (χ3v) is 3.43. The van der Waals surface area contributed by atoms with E-state index in [1.165, 1.54) is 12.1 Å². The van der Waals surface area contributed by atoms with Gasteiger partial charge in [0.25, 0.3) is 0 Å². The number of aliphatic carboxylic acids is 1. The number of anilines is 1. The van der Waals surface area contributed by atoms with Crippen LogP contribution < -0.4 is 5.32 Å². The van der Waals surface area contributed by atoms with Crippen LogP contribution in [0.25, 0.3) is 0 Å². The molecule has 17 heavy (non-hydrogen) atoms. The SMILES string of the molecule is Cc1ccc(F)cc1NC(C)(C(=O)O)C1CC1. The van der Waals surface area contributed by atoms with Crippen LogP contribution in [-0.4, -0.2) is 16.6 Å². The van der Waals surface area contributed by atoms with Crippen LogP contribution in [-0.2, 0) is 4.79 Å². The Kier molecular flexibility index (Phi) is 2.81. The summed E-state index contributed by atoms with van der Waals surface area (Å²) in [7, 11) is 0. The second-order valence-corrected chi connectivity index (χ2v) is 4.87. The first-order valence-electron chi connectivity index (χ1n) is 5.71. The predicted molar refractivity (Wildman–Crippen MR) is 63.5 cm³/mol. The lowest BCUT2D eigenvalue weighted by atomic mass is 9.95. The molecule has 1 unspecified atom stereocenters. The summed E-state index contributed by atoms with van der Waals surface area (Å²) in [6.07, 6.45) is 1.81. The van der Waals surface area contributed by atoms with Gasteiger partial charge in [0.1, 0.15) is 11.4 Å². The third kappa shape index (κ3) is 2.25. The quantitative estimate of drug-likeness (QED) is 0.846. The van der Waals surface area contributed by atoms with Gasteiger partial charge in [-0.25, -0.2) is 9.18 Å². The molecular weight excluding hydrogens is 221 g/mol. The van der Waals surface area contributed by atoms with E-state index in [1.807, 2.05) is 6.92 Å². The Balaban J connectivity index is 2.29. The summed E-state index contributed by atoms with van der Waals surface area (Å²) in [5, 5.41) is 12.3. The number of aryl methyl sites for hydroxylation is 1. The smallest absolute Gasteiger partial charge is 0.329 e. The molecule has 0 heterocycles. The summed E-state index contributed by atoms with van der Waals surface area (Å²) in [5.74, 6) is -1.12. The summed E-state index contributed by atoms with van der Waals surface area (Å²) in [5.41, 5.74) is 0.403. The molecule has 2 N–H and O–H groups in total. The Morgan fingerprint density at radius 2 is 2.18 bits per heavy atom. The van der Waals surface area contributed by atoms with Crippen molar-refractivity contribution in [3.8, 4) is 0 Å². The van der Waals surface area contributed by atoms with Crippen molar-refractivity contribution in [3.05, 3.63) is 29.6 Å². The monoisotopic (exact) mass is 237 g/mol. The van der Waals surface area contributed by atoms with Gasteiger partial charge < -0.3 is 10.4 Å². The average molecular weight is 237 g/mol. The first kappa shape index (κ1) is 11.9. The van der Waals surface area contributed by atoms with Crippen LogP contribution in [0.3, 0.4) is 0 Å². The molecule has 0 spiro atoms. The van der Waals surface area contributed by atoms with E-state index in [0.717, 1.165) is 18.4 Å². The molecular formula is C13H16FNO2. The van der Waals surface area contributed by atoms with E-state index in [9.17, 15) is 14.3 Å². The molecule has 0 radical (unpaired) electrons. The highest BCUT2D eigenvalue weighted by Crippen LogP contribution is 2.42. The van der Waals surface area contributed by atoms with Gasteiger partial charge in [-0.05, 0) is 50.3 Å². The van der Waals surface area contributed by atoms with Crippen LogP contribution in [0.4, 0.5) is 10.1 Å². The molecule has 1 atom stereocenters. The summed E-state index contributed by atoms with van der Waals surface area (Å²) in [6, 6.07) is 4.36. The Bertz CT molecular complexity index is 457. The highest BCUT2D eigenvalue weighted by Gasteiger charge is 2.47. The molecule has 0 saturated heterocycles. The topological polar surface area (TPSA) is 49.3 Å². The second kappa shape index (κ2) is 4.02. The van der Waals surface area contributed by atoms with E-state index in [4.69, 9.17) is 0 Å². The molecule has 0 amide bonds. The lowest BCUT2D eigenvalue weighted by Gasteiger charge is -2.28. The maximum absolute atomic E-state index is 13.2. The highest BCUT2D eigenvalue weighted by molar-refractivity contribution is 5.83. The zero-order valence-corrected chi connectivity index (χ0v) is 9.96. The Labute approximate surface area is 99.7 Å². The Morgan fingerprint density at radius 1 is 1.53 bits per heavy atom. The number of hydrogen-bond donors (Lipinski definition) is 2. The first-order chi connectivity index (χ1) is 7.93. The van der Waals surface area contributed by atoms with Gasteiger partial charge in [0.05, 0.1) is 0 Å². The van der Waals surface area contributed by atoms with Crippen molar-refractivity contribution in [2.75, 3.05) is 5.32 Å². The van der Waals surface area contributed by atoms with Crippen molar-refractivity contribution in [3.63, 3.8) is 0 Å². The standard InChI is InChI=1S/C13H16FNO2/c1-8-3-6-10(14)7-11(8)15-13(2,12(16)17)9-4-5-9/h3,6-7,9,15H,4-5H2,1-2H3,(H,16,17). The van der Waals surface area contributed by atoms with E-state index in [0.29, 0.717) is 5.69 Å². The maximum atomic E-state index is 13.2. The van der Waals surface area contributed by atoms with Gasteiger partial charge in [-0.2, -0.15) is 0 Å². The van der Waals surface area contributed by atoms with Gasteiger partial charge >= 0.3 is 5.97 Å². The molecule has 2 rings (SSSR count). The van der Waals surface area contributed by atoms with Gasteiger partial charge in [-0.3, -0.25) is 0 Å². The van der Waals surface area contributed by atoms with Gasteiger partial charge in [0.2, 0.25) is 0 Å². The van der Waals surface area contributed by atoms with Crippen LogP contribution in [0.15, 0.2) is 18.2 Å². The Morgan fingerprint density at radius 3 is 2.71 bits per heavy atom. The van der Waals surface area contributed by atoms with Crippen LogP contribution in [0.5, 0.6) is 0 Å². The zero-order valence-electron chi connectivity index (χ0n) is 9.96. The van der Waals surface area contributed by atoms with Crippen LogP contribution in [0.1, 0.15) is 25.3 Å². The maximum Gasteiger partial charge on any atom is 0.329 e. The molecule has 1 aliphatic carbocycles. The highest BCUT2D eigenvalue weighted by atomic mass is 19.1. The lowest BCUT2D eigenvalue weighted by Crippen LogP contribution is -2.45. The number of hydrogen-bond acceptors (Lipinski definition) is 2. The van der Waals surface area contributed by atoms with E-state index in [1.54, 1.807) is 13.0 Å². The van der Waals surface area contributed by atoms with Gasteiger partial charge in [0.15, 0.2) is 0 Å². The number of halogens is 1. The first-order valence-corrected chi connectivity index (χ1v) is 5.71. The van der Waals surface area contributed by atoms with Crippen molar-refractivity contribution >= 4 is 11.7 Å². The summed E-state index contributed by atoms with van der Waals surface area (Å²) < 4.78 is 13.2. The van der Waals surface area contributed by atoms with Gasteiger partial charge in [-0.15, -0.1) is 0 Å². The van der Waals surface area contributed by atoms with Crippen molar-refractivity contribution in [1.82, 2.24) is 0 Å². The molecule has 0 bridgehead atoms. The summed E-state index contributed by atoms with van der Waals surface area (Å²) in [6.45, 7) is 3.49. The predicted octanol–water partition coefficient (Wildman–Crippen LogP) is 2.80. The molecule has 1 aliphatic rings. The summed E-state index contributed by atoms with van der Waals surface area (Å²) in [4.78, 5) is 11.3. The van der Waals surface area contributed by atoms with Crippen molar-refractivity contribution in [1.29, 1.82) is 0 Å². The number of carboxylic acid groups (broad SMARTS) is 1. The molecule has 1 saturated carbocycles. The fraction of sp³-hybridized carbons (Fsp3) is 0.462. The fourth-order valence-corrected chi connectivity index (χ4v) is 2.00. The van der Waals surface area contributed by atoms with E-state index in [-0.39, 0.29) is 11.7 Å². The normalized spacial score (nSPS) is 18.5. The molecule has 1 aromatic carbocycles. The molecule has 1 fully saturated rings. The zero-order chi connectivity index (χ0) is 12.6. The lowest BCUT2D eigenvalue weighted by molar-refractivity contribution is -0.142. The van der Waals surface area contributed by atoms with Crippen molar-refractivity contribution in [2.24, 2.45) is 5.92 Å². The molecule has 0 aliphatic heterocycles. The number of nitrogens with one attached hydrogen (secondary N) is 1. The fourth-order valence-electron chi connectivity index (χ4n) is 2.00. The van der Waals surface area contributed by atoms with E-state index in [2.05, 4.69) is 5.32 Å². The molecule has 4 heteroatoms. The van der Waals surface area contributed by atoms with Gasteiger partial charge in [0, 0.05) is 5.69 Å². The molecule has 92 valence electrons. The van der Waals surface area contributed by atoms with Crippen LogP contribution in [0, 0.1) is 18.7 Å². The van der Waals surface area contributed by atoms with Crippen LogP contribution in [0.2, 0.25) is 0 Å². The van der Waals surface area contributed by atoms with E-state index >= 15 is 0 Å². The minimum atomic E-state index is -1.00. The minimum absolute atomic E-state index is 0.127. The van der Waals surface area contributed by atoms with Crippen LogP contribution >= 0.6 is 0 Å². The summed E-state index contributed by atoms with van der Waals surface area (Å²) >= 11 is 0.